The number of benzene rings is 4. The Bertz CT molecular complexity index is 1520. The van der Waals surface area contributed by atoms with Gasteiger partial charge in [-0.3, -0.25) is 19.2 Å². The van der Waals surface area contributed by atoms with Gasteiger partial charge in [0.15, 0.2) is 6.61 Å². The summed E-state index contributed by atoms with van der Waals surface area (Å²) >= 11 is 0. The minimum absolute atomic E-state index is 0.128. The molecule has 0 radical (unpaired) electrons. The Morgan fingerprint density at radius 3 is 2.26 bits per heavy atom. The van der Waals surface area contributed by atoms with Gasteiger partial charge in [-0.2, -0.15) is 0 Å². The minimum atomic E-state index is -3.87. The lowest BCUT2D eigenvalue weighted by Crippen LogP contribution is -2.30. The molecule has 1 amide bonds. The summed E-state index contributed by atoms with van der Waals surface area (Å²) in [6.07, 6.45) is 0. The molecule has 0 aliphatic rings. The van der Waals surface area contributed by atoms with Crippen LogP contribution in [0.3, 0.4) is 0 Å². The molecule has 4 rings (SSSR count). The van der Waals surface area contributed by atoms with Gasteiger partial charge in [0.05, 0.1) is 22.1 Å². The molecule has 38 heavy (non-hydrogen) atoms. The number of carbonyl (C=O) groups excluding carboxylic acids is 1. The Morgan fingerprint density at radius 1 is 0.921 bits per heavy atom. The third-order valence-corrected chi connectivity index (χ3v) is 7.40. The summed E-state index contributed by atoms with van der Waals surface area (Å²) in [7, 11) is -3.87. The number of hydrogen-bond donors (Lipinski definition) is 1. The molecule has 10 heteroatoms. The third-order valence-electron chi connectivity index (χ3n) is 5.61. The maximum atomic E-state index is 13.6. The van der Waals surface area contributed by atoms with Crippen molar-refractivity contribution in [2.45, 2.75) is 18.4 Å². The number of aryl methyl sites for hydroxylation is 1. The topological polar surface area (TPSA) is 119 Å². The number of anilines is 2. The van der Waals surface area contributed by atoms with E-state index in [0.29, 0.717) is 11.4 Å². The number of sulfonamides is 1. The van der Waals surface area contributed by atoms with Crippen LogP contribution in [-0.2, 0) is 21.4 Å². The summed E-state index contributed by atoms with van der Waals surface area (Å²) < 4.78 is 34.0. The predicted molar refractivity (Wildman–Crippen MR) is 145 cm³/mol. The minimum Gasteiger partial charge on any atom is -0.484 e. The smallest absolute Gasteiger partial charge is 0.271 e. The molecule has 0 aliphatic carbocycles. The monoisotopic (exact) mass is 531 g/mol. The van der Waals surface area contributed by atoms with Crippen molar-refractivity contribution in [2.24, 2.45) is 0 Å². The second-order valence-corrected chi connectivity index (χ2v) is 10.3. The third kappa shape index (κ3) is 6.54. The zero-order chi connectivity index (χ0) is 27.1. The molecule has 0 saturated carbocycles. The summed E-state index contributed by atoms with van der Waals surface area (Å²) in [6, 6.07) is 27.9. The Labute approximate surface area is 220 Å². The van der Waals surface area contributed by atoms with Gasteiger partial charge < -0.3 is 10.1 Å². The number of nitrogens with zero attached hydrogens (tertiary/aromatic N) is 2. The van der Waals surface area contributed by atoms with Gasteiger partial charge in [0.2, 0.25) is 0 Å². The van der Waals surface area contributed by atoms with Gasteiger partial charge in [-0.25, -0.2) is 8.42 Å². The molecule has 0 aliphatic heterocycles. The fourth-order valence-corrected chi connectivity index (χ4v) is 5.11. The number of amides is 1. The number of nitrogens with one attached hydrogen (secondary N) is 1. The summed E-state index contributed by atoms with van der Waals surface area (Å²) in [5.74, 6) is -0.141. The molecule has 0 atom stereocenters. The molecule has 4 aromatic rings. The Kier molecular flexibility index (Phi) is 8.03. The number of carbonyl (C=O) groups is 1. The van der Waals surface area contributed by atoms with Gasteiger partial charge in [0, 0.05) is 17.8 Å². The first-order valence-electron chi connectivity index (χ1n) is 11.6. The number of rotatable bonds is 10. The predicted octanol–water partition coefficient (Wildman–Crippen LogP) is 5.32. The second-order valence-electron chi connectivity index (χ2n) is 8.45. The standard InChI is InChI=1S/C28H25N3O6S/c1-21-10-16-27(17-11-21)38(35,36)30(19-22-6-3-2-4-7-22)24-12-14-26(15-13-24)37-20-28(32)29-23-8-5-9-25(18-23)31(33)34/h2-18H,19-20H2,1H3,(H,29,32). The summed E-state index contributed by atoms with van der Waals surface area (Å²) in [5, 5.41) is 13.5. The van der Waals surface area contributed by atoms with E-state index in [1.807, 2.05) is 37.3 Å². The lowest BCUT2D eigenvalue weighted by Gasteiger charge is -2.25. The van der Waals surface area contributed by atoms with Crippen LogP contribution in [0.4, 0.5) is 17.1 Å². The molecular formula is C28H25N3O6S. The number of non-ortho nitro benzene ring substituents is 1. The lowest BCUT2D eigenvalue weighted by molar-refractivity contribution is -0.384. The van der Waals surface area contributed by atoms with Crippen molar-refractivity contribution in [1.29, 1.82) is 0 Å². The van der Waals surface area contributed by atoms with Crippen LogP contribution >= 0.6 is 0 Å². The number of nitro groups is 1. The van der Waals surface area contributed by atoms with E-state index in [2.05, 4.69) is 5.32 Å². The first-order chi connectivity index (χ1) is 18.2. The fourth-order valence-electron chi connectivity index (χ4n) is 3.65. The highest BCUT2D eigenvalue weighted by Gasteiger charge is 2.25. The van der Waals surface area contributed by atoms with Crippen molar-refractivity contribution < 1.29 is 22.9 Å². The number of nitro benzene ring substituents is 1. The van der Waals surface area contributed by atoms with E-state index in [-0.39, 0.29) is 29.4 Å². The van der Waals surface area contributed by atoms with Gasteiger partial charge in [0.25, 0.3) is 21.6 Å². The van der Waals surface area contributed by atoms with Crippen molar-refractivity contribution in [3.05, 3.63) is 124 Å². The Morgan fingerprint density at radius 2 is 1.61 bits per heavy atom. The molecule has 0 bridgehead atoms. The average Bonchev–Trinajstić information content (AvgIpc) is 2.92. The maximum absolute atomic E-state index is 13.6. The van der Waals surface area contributed by atoms with Crippen molar-refractivity contribution >= 4 is 33.0 Å². The first kappa shape index (κ1) is 26.4. The SMILES string of the molecule is Cc1ccc(S(=O)(=O)N(Cc2ccccc2)c2ccc(OCC(=O)Nc3cccc([N+](=O)[O-])c3)cc2)cc1. The van der Waals surface area contributed by atoms with E-state index < -0.39 is 20.9 Å². The van der Waals surface area contributed by atoms with Crippen LogP contribution in [0, 0.1) is 17.0 Å². The Hall–Kier alpha value is -4.70. The van der Waals surface area contributed by atoms with Crippen LogP contribution < -0.4 is 14.4 Å². The van der Waals surface area contributed by atoms with Gasteiger partial charge in [-0.15, -0.1) is 0 Å². The quantitative estimate of drug-likeness (QED) is 0.219. The van der Waals surface area contributed by atoms with Gasteiger partial charge >= 0.3 is 0 Å². The van der Waals surface area contributed by atoms with Gasteiger partial charge in [0.1, 0.15) is 5.75 Å². The van der Waals surface area contributed by atoms with E-state index in [1.54, 1.807) is 48.5 Å². The van der Waals surface area contributed by atoms with Crippen LogP contribution in [0.1, 0.15) is 11.1 Å². The van der Waals surface area contributed by atoms with Crippen molar-refractivity contribution in [2.75, 3.05) is 16.2 Å². The molecule has 0 saturated heterocycles. The normalized spacial score (nSPS) is 11.0. The number of ether oxygens (including phenoxy) is 1. The highest BCUT2D eigenvalue weighted by Crippen LogP contribution is 2.28. The summed E-state index contributed by atoms with van der Waals surface area (Å²) in [4.78, 5) is 22.8. The Balaban J connectivity index is 1.49. The summed E-state index contributed by atoms with van der Waals surface area (Å²) in [6.45, 7) is 1.68. The van der Waals surface area contributed by atoms with Gasteiger partial charge in [-0.1, -0.05) is 54.1 Å². The van der Waals surface area contributed by atoms with Crippen molar-refractivity contribution in [3.63, 3.8) is 0 Å². The second kappa shape index (κ2) is 11.6. The van der Waals surface area contributed by atoms with Crippen LogP contribution in [0.25, 0.3) is 0 Å². The van der Waals surface area contributed by atoms with Crippen LogP contribution in [0.5, 0.6) is 5.75 Å². The molecule has 0 fully saturated rings. The zero-order valence-electron chi connectivity index (χ0n) is 20.5. The number of hydrogen-bond acceptors (Lipinski definition) is 6. The molecule has 4 aromatic carbocycles. The van der Waals surface area contributed by atoms with Gasteiger partial charge in [-0.05, 0) is 55.0 Å². The molecule has 0 aromatic heterocycles. The highest BCUT2D eigenvalue weighted by molar-refractivity contribution is 7.92. The first-order valence-corrected chi connectivity index (χ1v) is 13.1. The fraction of sp³-hybridized carbons (Fsp3) is 0.107. The largest absolute Gasteiger partial charge is 0.484 e. The summed E-state index contributed by atoms with van der Waals surface area (Å²) in [5.41, 5.74) is 2.35. The molecule has 194 valence electrons. The zero-order valence-corrected chi connectivity index (χ0v) is 21.3. The van der Waals surface area contributed by atoms with E-state index in [4.69, 9.17) is 4.74 Å². The van der Waals surface area contributed by atoms with Crippen molar-refractivity contribution in [3.8, 4) is 5.75 Å². The molecule has 9 nitrogen and oxygen atoms in total. The van der Waals surface area contributed by atoms with Crippen molar-refractivity contribution in [1.82, 2.24) is 0 Å². The molecular weight excluding hydrogens is 506 g/mol. The van der Waals surface area contributed by atoms with E-state index in [0.717, 1.165) is 11.1 Å². The molecule has 0 heterocycles. The van der Waals surface area contributed by atoms with Crippen LogP contribution in [0.2, 0.25) is 0 Å². The molecule has 1 N–H and O–H groups in total. The maximum Gasteiger partial charge on any atom is 0.271 e. The average molecular weight is 532 g/mol. The van der Waals surface area contributed by atoms with E-state index in [1.165, 1.54) is 28.6 Å². The van der Waals surface area contributed by atoms with E-state index in [9.17, 15) is 23.3 Å². The van der Waals surface area contributed by atoms with Crippen LogP contribution in [-0.4, -0.2) is 25.9 Å². The molecule has 0 unspecified atom stereocenters. The lowest BCUT2D eigenvalue weighted by atomic mass is 10.2. The van der Waals surface area contributed by atoms with Crippen LogP contribution in [0.15, 0.2) is 108 Å². The van der Waals surface area contributed by atoms with E-state index >= 15 is 0 Å². The molecule has 0 spiro atoms. The highest BCUT2D eigenvalue weighted by atomic mass is 32.2.